The van der Waals surface area contributed by atoms with Crippen molar-refractivity contribution in [3.05, 3.63) is 60.2 Å². The number of amides is 1. The number of ether oxygens (including phenoxy) is 1. The van der Waals surface area contributed by atoms with Gasteiger partial charge in [-0.3, -0.25) is 10.0 Å². The number of carbonyl (C=O) groups excluding carboxylic acids is 1. The van der Waals surface area contributed by atoms with E-state index in [1.165, 1.54) is 5.48 Å². The zero-order chi connectivity index (χ0) is 16.7. The molecule has 0 saturated carbocycles. The average molecular weight is 336 g/mol. The van der Waals surface area contributed by atoms with E-state index in [9.17, 15) is 13.2 Å². The predicted molar refractivity (Wildman–Crippen MR) is 83.5 cm³/mol. The second-order valence-corrected chi connectivity index (χ2v) is 6.48. The van der Waals surface area contributed by atoms with E-state index in [0.717, 1.165) is 0 Å². The smallest absolute Gasteiger partial charge is 0.259 e. The summed E-state index contributed by atoms with van der Waals surface area (Å²) < 4.78 is 31.2. The highest BCUT2D eigenvalue weighted by Gasteiger charge is 2.15. The first-order chi connectivity index (χ1) is 11.0. The average Bonchev–Trinajstić information content (AvgIpc) is 2.54. The highest BCUT2D eigenvalue weighted by molar-refractivity contribution is 7.90. The summed E-state index contributed by atoms with van der Waals surface area (Å²) >= 11 is 0. The molecule has 2 aromatic carbocycles. The molecule has 0 fully saturated rings. The van der Waals surface area contributed by atoms with Crippen molar-refractivity contribution in [2.75, 3.05) is 5.75 Å². The van der Waals surface area contributed by atoms with Crippen LogP contribution in [0.1, 0.15) is 5.56 Å². The van der Waals surface area contributed by atoms with E-state index in [2.05, 4.69) is 4.72 Å². The minimum Gasteiger partial charge on any atom is -0.457 e. The van der Waals surface area contributed by atoms with Crippen LogP contribution in [0.25, 0.3) is 0 Å². The third-order valence-corrected chi connectivity index (χ3v) is 4.05. The lowest BCUT2D eigenvalue weighted by molar-refractivity contribution is -0.126. The largest absolute Gasteiger partial charge is 0.457 e. The zero-order valence-corrected chi connectivity index (χ0v) is 12.9. The topological polar surface area (TPSA) is 105 Å². The van der Waals surface area contributed by atoms with Gasteiger partial charge in [-0.25, -0.2) is 18.6 Å². The summed E-state index contributed by atoms with van der Waals surface area (Å²) in [5, 5.41) is 8.35. The number of hydrogen-bond acceptors (Lipinski definition) is 5. The van der Waals surface area contributed by atoms with Crippen molar-refractivity contribution in [2.45, 2.75) is 6.54 Å². The van der Waals surface area contributed by atoms with Gasteiger partial charge in [-0.15, -0.1) is 0 Å². The summed E-state index contributed by atoms with van der Waals surface area (Å²) in [6.45, 7) is 0.00698. The quantitative estimate of drug-likeness (QED) is 0.524. The highest BCUT2D eigenvalue weighted by Crippen LogP contribution is 2.21. The second-order valence-electron chi connectivity index (χ2n) is 4.68. The van der Waals surface area contributed by atoms with Gasteiger partial charge in [0.1, 0.15) is 17.3 Å². The number of carbonyl (C=O) groups is 1. The molecule has 2 rings (SSSR count). The molecule has 0 aliphatic rings. The summed E-state index contributed by atoms with van der Waals surface area (Å²) in [5.41, 5.74) is 1.95. The first kappa shape index (κ1) is 16.9. The van der Waals surface area contributed by atoms with Crippen molar-refractivity contribution >= 4 is 15.9 Å². The first-order valence-corrected chi connectivity index (χ1v) is 8.36. The van der Waals surface area contributed by atoms with E-state index in [1.54, 1.807) is 24.3 Å². The molecule has 23 heavy (non-hydrogen) atoms. The molecule has 0 atom stereocenters. The lowest BCUT2D eigenvalue weighted by Gasteiger charge is -2.09. The molecular formula is C15H16N2O5S. The first-order valence-electron chi connectivity index (χ1n) is 6.70. The van der Waals surface area contributed by atoms with Crippen LogP contribution < -0.4 is 14.9 Å². The van der Waals surface area contributed by atoms with Gasteiger partial charge in [0, 0.05) is 6.54 Å². The van der Waals surface area contributed by atoms with Gasteiger partial charge in [0.05, 0.1) is 0 Å². The molecule has 0 heterocycles. The van der Waals surface area contributed by atoms with Gasteiger partial charge in [-0.05, 0) is 29.8 Å². The maximum Gasteiger partial charge on any atom is 0.259 e. The monoisotopic (exact) mass is 336 g/mol. The number of nitrogens with one attached hydrogen (secondary N) is 2. The Morgan fingerprint density at radius 2 is 1.74 bits per heavy atom. The molecule has 8 heteroatoms. The lowest BCUT2D eigenvalue weighted by Crippen LogP contribution is -2.34. The summed E-state index contributed by atoms with van der Waals surface area (Å²) in [4.78, 5) is 10.9. The van der Waals surface area contributed by atoms with E-state index in [1.807, 2.05) is 30.3 Å². The van der Waals surface area contributed by atoms with Crippen molar-refractivity contribution in [3.63, 3.8) is 0 Å². The predicted octanol–water partition coefficient (Wildman–Crippen LogP) is 1.40. The molecule has 0 radical (unpaired) electrons. The molecule has 2 aromatic rings. The fourth-order valence-corrected chi connectivity index (χ4v) is 2.69. The molecule has 3 N–H and O–H groups in total. The van der Waals surface area contributed by atoms with Crippen molar-refractivity contribution in [3.8, 4) is 11.5 Å². The van der Waals surface area contributed by atoms with Crippen LogP contribution in [-0.4, -0.2) is 25.3 Å². The Bertz CT molecular complexity index is 762. The maximum atomic E-state index is 11.6. The Kier molecular flexibility index (Phi) is 5.69. The standard InChI is InChI=1S/C15H16N2O5S/c18-15(17-19)11-23(20,21)16-10-12-5-4-8-14(9-12)22-13-6-2-1-3-7-13/h1-9,16,19H,10-11H2,(H,17,18). The van der Waals surface area contributed by atoms with Crippen molar-refractivity contribution in [1.29, 1.82) is 0 Å². The van der Waals surface area contributed by atoms with Crippen LogP contribution in [0.4, 0.5) is 0 Å². The molecule has 7 nitrogen and oxygen atoms in total. The van der Waals surface area contributed by atoms with Crippen LogP contribution in [-0.2, 0) is 21.4 Å². The van der Waals surface area contributed by atoms with Crippen molar-refractivity contribution < 1.29 is 23.2 Å². The Morgan fingerprint density at radius 1 is 1.04 bits per heavy atom. The number of rotatable bonds is 7. The normalized spacial score (nSPS) is 11.0. The van der Waals surface area contributed by atoms with E-state index in [-0.39, 0.29) is 6.54 Å². The molecular weight excluding hydrogens is 320 g/mol. The molecule has 0 aliphatic carbocycles. The Balaban J connectivity index is 1.99. The molecule has 122 valence electrons. The van der Waals surface area contributed by atoms with Crippen LogP contribution in [0.15, 0.2) is 54.6 Å². The number of benzene rings is 2. The summed E-state index contributed by atoms with van der Waals surface area (Å²) in [7, 11) is -3.83. The fraction of sp³-hybridized carbons (Fsp3) is 0.133. The number of hydrogen-bond donors (Lipinski definition) is 3. The van der Waals surface area contributed by atoms with Gasteiger partial charge in [0.25, 0.3) is 5.91 Å². The van der Waals surface area contributed by atoms with Crippen LogP contribution >= 0.6 is 0 Å². The molecule has 0 unspecified atom stereocenters. The van der Waals surface area contributed by atoms with Crippen LogP contribution in [0.2, 0.25) is 0 Å². The fourth-order valence-electron chi connectivity index (χ4n) is 1.79. The van der Waals surface area contributed by atoms with Crippen LogP contribution in [0, 0.1) is 0 Å². The van der Waals surface area contributed by atoms with Crippen LogP contribution in [0.5, 0.6) is 11.5 Å². The van der Waals surface area contributed by atoms with Crippen LogP contribution in [0.3, 0.4) is 0 Å². The highest BCUT2D eigenvalue weighted by atomic mass is 32.2. The van der Waals surface area contributed by atoms with Gasteiger partial charge in [0.15, 0.2) is 0 Å². The van der Waals surface area contributed by atoms with Gasteiger partial charge in [-0.2, -0.15) is 0 Å². The van der Waals surface area contributed by atoms with E-state index in [0.29, 0.717) is 17.1 Å². The lowest BCUT2D eigenvalue weighted by atomic mass is 10.2. The molecule has 0 aromatic heterocycles. The third kappa shape index (κ3) is 5.70. The zero-order valence-electron chi connectivity index (χ0n) is 12.1. The minimum absolute atomic E-state index is 0.00698. The summed E-state index contributed by atoms with van der Waals surface area (Å²) in [5.74, 6) is -0.603. The minimum atomic E-state index is -3.83. The molecule has 0 bridgehead atoms. The van der Waals surface area contributed by atoms with Gasteiger partial charge < -0.3 is 4.74 Å². The third-order valence-electron chi connectivity index (χ3n) is 2.82. The Morgan fingerprint density at radius 3 is 2.43 bits per heavy atom. The summed E-state index contributed by atoms with van der Waals surface area (Å²) in [6, 6.07) is 16.1. The Hall–Kier alpha value is -2.42. The molecule has 0 saturated heterocycles. The Labute approximate surface area is 133 Å². The number of sulfonamides is 1. The summed E-state index contributed by atoms with van der Waals surface area (Å²) in [6.07, 6.45) is 0. The van der Waals surface area contributed by atoms with E-state index in [4.69, 9.17) is 9.94 Å². The van der Waals surface area contributed by atoms with Crippen molar-refractivity contribution in [1.82, 2.24) is 10.2 Å². The maximum absolute atomic E-state index is 11.6. The van der Waals surface area contributed by atoms with Gasteiger partial charge in [0.2, 0.25) is 10.0 Å². The van der Waals surface area contributed by atoms with E-state index >= 15 is 0 Å². The van der Waals surface area contributed by atoms with E-state index < -0.39 is 21.7 Å². The van der Waals surface area contributed by atoms with Gasteiger partial charge in [-0.1, -0.05) is 30.3 Å². The SMILES string of the molecule is O=C(CS(=O)(=O)NCc1cccc(Oc2ccccc2)c1)NO. The van der Waals surface area contributed by atoms with Gasteiger partial charge >= 0.3 is 0 Å². The number of hydroxylamine groups is 1. The number of para-hydroxylation sites is 1. The molecule has 0 aliphatic heterocycles. The molecule has 0 spiro atoms. The second kappa shape index (κ2) is 7.73. The van der Waals surface area contributed by atoms with Crippen molar-refractivity contribution in [2.24, 2.45) is 0 Å². The molecule has 1 amide bonds.